The highest BCUT2D eigenvalue weighted by atomic mass is 16.6. The lowest BCUT2D eigenvalue weighted by Gasteiger charge is -2.13. The largest absolute Gasteiger partial charge is 0.459 e. The minimum Gasteiger partial charge on any atom is -0.459 e. The number of carbonyl (C=O) groups excluding carboxylic acids is 2. The molecule has 1 amide bonds. The van der Waals surface area contributed by atoms with Gasteiger partial charge in [0.25, 0.3) is 5.91 Å². The van der Waals surface area contributed by atoms with Gasteiger partial charge in [-0.3, -0.25) is 4.79 Å². The van der Waals surface area contributed by atoms with Crippen molar-refractivity contribution in [3.8, 4) is 0 Å². The average Bonchev–Trinajstić information content (AvgIpc) is 3.14. The molecule has 0 saturated carbocycles. The van der Waals surface area contributed by atoms with Crippen LogP contribution in [0, 0.1) is 0 Å². The van der Waals surface area contributed by atoms with Gasteiger partial charge in [-0.25, -0.2) is 4.79 Å². The Bertz CT molecular complexity index is 708. The van der Waals surface area contributed by atoms with Crippen LogP contribution in [0.15, 0.2) is 54.6 Å². The van der Waals surface area contributed by atoms with Gasteiger partial charge in [0, 0.05) is 12.2 Å². The van der Waals surface area contributed by atoms with Gasteiger partial charge in [0.1, 0.15) is 6.61 Å². The van der Waals surface area contributed by atoms with Crippen molar-refractivity contribution in [3.63, 3.8) is 0 Å². The Hall–Kier alpha value is -2.66. The molecule has 0 bridgehead atoms. The lowest BCUT2D eigenvalue weighted by atomic mass is 10.1. The summed E-state index contributed by atoms with van der Waals surface area (Å²) in [6.45, 7) is 0.950. The van der Waals surface area contributed by atoms with Crippen molar-refractivity contribution in [2.75, 3.05) is 18.5 Å². The van der Waals surface area contributed by atoms with Gasteiger partial charge in [0.2, 0.25) is 0 Å². The quantitative estimate of drug-likeness (QED) is 0.857. The number of esters is 1. The second-order valence-corrected chi connectivity index (χ2v) is 5.60. The summed E-state index contributed by atoms with van der Waals surface area (Å²) in [7, 11) is 0. The van der Waals surface area contributed by atoms with Crippen LogP contribution in [0.4, 0.5) is 5.69 Å². The first-order chi connectivity index (χ1) is 11.7. The predicted molar refractivity (Wildman–Crippen MR) is 90.1 cm³/mol. The zero-order chi connectivity index (χ0) is 16.8. The molecular weight excluding hydrogens is 306 g/mol. The molecule has 2 aromatic rings. The van der Waals surface area contributed by atoms with E-state index < -0.39 is 5.97 Å². The summed E-state index contributed by atoms with van der Waals surface area (Å²) in [4.78, 5) is 24.6. The Labute approximate surface area is 140 Å². The van der Waals surface area contributed by atoms with Crippen molar-refractivity contribution in [1.29, 1.82) is 0 Å². The average molecular weight is 325 g/mol. The maximum atomic E-state index is 12.3. The number of hydrogen-bond acceptors (Lipinski definition) is 4. The van der Waals surface area contributed by atoms with Crippen LogP contribution < -0.4 is 5.32 Å². The van der Waals surface area contributed by atoms with Crippen molar-refractivity contribution in [2.24, 2.45) is 0 Å². The third-order valence-electron chi connectivity index (χ3n) is 3.86. The molecule has 1 heterocycles. The van der Waals surface area contributed by atoms with Gasteiger partial charge < -0.3 is 14.8 Å². The maximum absolute atomic E-state index is 12.3. The van der Waals surface area contributed by atoms with Crippen LogP contribution in [-0.2, 0) is 9.47 Å². The topological polar surface area (TPSA) is 64.6 Å². The Morgan fingerprint density at radius 1 is 1.08 bits per heavy atom. The molecule has 5 heteroatoms. The maximum Gasteiger partial charge on any atom is 0.340 e. The van der Waals surface area contributed by atoms with Gasteiger partial charge in [-0.2, -0.15) is 0 Å². The van der Waals surface area contributed by atoms with Crippen LogP contribution >= 0.6 is 0 Å². The van der Waals surface area contributed by atoms with E-state index in [2.05, 4.69) is 5.32 Å². The lowest BCUT2D eigenvalue weighted by Crippen LogP contribution is -2.20. The van der Waals surface area contributed by atoms with Gasteiger partial charge in [-0.15, -0.1) is 0 Å². The molecule has 1 fully saturated rings. The van der Waals surface area contributed by atoms with E-state index in [1.807, 2.05) is 6.07 Å². The molecule has 2 aromatic carbocycles. The van der Waals surface area contributed by atoms with E-state index in [1.165, 1.54) is 0 Å². The van der Waals surface area contributed by atoms with Crippen molar-refractivity contribution in [3.05, 3.63) is 65.7 Å². The van der Waals surface area contributed by atoms with Crippen molar-refractivity contribution in [1.82, 2.24) is 0 Å². The lowest BCUT2D eigenvalue weighted by molar-refractivity contribution is 0.0162. The fourth-order valence-corrected chi connectivity index (χ4v) is 2.58. The summed E-state index contributed by atoms with van der Waals surface area (Å²) in [5.74, 6) is -0.732. The summed E-state index contributed by atoms with van der Waals surface area (Å²) in [5.41, 5.74) is 1.29. The molecule has 1 aliphatic rings. The highest BCUT2D eigenvalue weighted by Crippen LogP contribution is 2.19. The summed E-state index contributed by atoms with van der Waals surface area (Å²) in [6, 6.07) is 15.7. The highest BCUT2D eigenvalue weighted by molar-refractivity contribution is 6.07. The second-order valence-electron chi connectivity index (χ2n) is 5.60. The Balaban J connectivity index is 1.68. The predicted octanol–water partition coefficient (Wildman–Crippen LogP) is 3.27. The minimum atomic E-state index is -0.463. The van der Waals surface area contributed by atoms with E-state index in [0.29, 0.717) is 23.4 Å². The molecule has 1 saturated heterocycles. The first kappa shape index (κ1) is 16.2. The Morgan fingerprint density at radius 2 is 1.83 bits per heavy atom. The molecule has 5 nitrogen and oxygen atoms in total. The fraction of sp³-hybridized carbons (Fsp3) is 0.263. The monoisotopic (exact) mass is 325 g/mol. The molecule has 1 atom stereocenters. The van der Waals surface area contributed by atoms with E-state index in [-0.39, 0.29) is 18.6 Å². The third kappa shape index (κ3) is 4.00. The molecule has 124 valence electrons. The smallest absolute Gasteiger partial charge is 0.340 e. The zero-order valence-corrected chi connectivity index (χ0v) is 13.2. The number of benzene rings is 2. The fourth-order valence-electron chi connectivity index (χ4n) is 2.58. The Kier molecular flexibility index (Phi) is 5.23. The van der Waals surface area contributed by atoms with Gasteiger partial charge in [-0.05, 0) is 37.1 Å². The summed E-state index contributed by atoms with van der Waals surface area (Å²) in [5, 5.41) is 2.76. The third-order valence-corrected chi connectivity index (χ3v) is 3.86. The standard InChI is InChI=1S/C19H19NO4/c21-18(14-7-2-1-3-8-14)20-17-11-5-4-10-16(17)19(22)24-13-15-9-6-12-23-15/h1-5,7-8,10-11,15H,6,9,12-13H2,(H,20,21)/t15-/m1/s1. The van der Waals surface area contributed by atoms with Crippen LogP contribution in [-0.4, -0.2) is 31.2 Å². The first-order valence-corrected chi connectivity index (χ1v) is 7.98. The van der Waals surface area contributed by atoms with E-state index in [0.717, 1.165) is 12.8 Å². The molecule has 3 rings (SSSR count). The second kappa shape index (κ2) is 7.75. The molecule has 0 spiro atoms. The number of nitrogens with one attached hydrogen (secondary N) is 1. The Morgan fingerprint density at radius 3 is 2.58 bits per heavy atom. The molecule has 0 unspecified atom stereocenters. The van der Waals surface area contributed by atoms with Crippen LogP contribution in [0.25, 0.3) is 0 Å². The summed E-state index contributed by atoms with van der Waals surface area (Å²) >= 11 is 0. The number of para-hydroxylation sites is 1. The van der Waals surface area contributed by atoms with Crippen LogP contribution in [0.1, 0.15) is 33.6 Å². The number of ether oxygens (including phenoxy) is 2. The molecule has 0 radical (unpaired) electrons. The normalized spacial score (nSPS) is 16.6. The molecular formula is C19H19NO4. The van der Waals surface area contributed by atoms with Crippen LogP contribution in [0.3, 0.4) is 0 Å². The first-order valence-electron chi connectivity index (χ1n) is 7.98. The van der Waals surface area contributed by atoms with E-state index in [9.17, 15) is 9.59 Å². The summed E-state index contributed by atoms with van der Waals surface area (Å²) < 4.78 is 10.8. The van der Waals surface area contributed by atoms with Crippen LogP contribution in [0.2, 0.25) is 0 Å². The number of carbonyl (C=O) groups is 2. The number of hydrogen-bond donors (Lipinski definition) is 1. The molecule has 0 aromatic heterocycles. The van der Waals surface area contributed by atoms with Gasteiger partial charge in [0.15, 0.2) is 0 Å². The minimum absolute atomic E-state index is 0.0278. The zero-order valence-electron chi connectivity index (χ0n) is 13.2. The SMILES string of the molecule is O=C(Nc1ccccc1C(=O)OC[C@H]1CCCO1)c1ccccc1. The van der Waals surface area contributed by atoms with Crippen molar-refractivity contribution >= 4 is 17.6 Å². The number of amides is 1. The molecule has 24 heavy (non-hydrogen) atoms. The van der Waals surface area contributed by atoms with Crippen molar-refractivity contribution in [2.45, 2.75) is 18.9 Å². The molecule has 0 aliphatic carbocycles. The number of anilines is 1. The van der Waals surface area contributed by atoms with Gasteiger partial charge in [-0.1, -0.05) is 30.3 Å². The van der Waals surface area contributed by atoms with E-state index in [4.69, 9.17) is 9.47 Å². The molecule has 1 N–H and O–H groups in total. The van der Waals surface area contributed by atoms with E-state index >= 15 is 0 Å². The van der Waals surface area contributed by atoms with Crippen molar-refractivity contribution < 1.29 is 19.1 Å². The van der Waals surface area contributed by atoms with Crippen LogP contribution in [0.5, 0.6) is 0 Å². The summed E-state index contributed by atoms with van der Waals surface area (Å²) in [6.07, 6.45) is 1.87. The number of rotatable bonds is 5. The van der Waals surface area contributed by atoms with Gasteiger partial charge >= 0.3 is 5.97 Å². The van der Waals surface area contributed by atoms with E-state index in [1.54, 1.807) is 48.5 Å². The molecule has 1 aliphatic heterocycles. The highest BCUT2D eigenvalue weighted by Gasteiger charge is 2.20. The van der Waals surface area contributed by atoms with Gasteiger partial charge in [0.05, 0.1) is 17.4 Å².